The van der Waals surface area contributed by atoms with Gasteiger partial charge in [-0.25, -0.2) is 15.0 Å². The number of benzene rings is 1. The second-order valence-electron chi connectivity index (χ2n) is 6.68. The lowest BCUT2D eigenvalue weighted by atomic mass is 10.1. The molecule has 1 aromatic carbocycles. The second-order valence-corrected chi connectivity index (χ2v) is 6.68. The van der Waals surface area contributed by atoms with Gasteiger partial charge >= 0.3 is 0 Å². The van der Waals surface area contributed by atoms with Crippen LogP contribution in [-0.4, -0.2) is 50.2 Å². The smallest absolute Gasteiger partial charge is 0.158 e. The van der Waals surface area contributed by atoms with Crippen LogP contribution in [0, 0.1) is 11.3 Å². The molecule has 0 bridgehead atoms. The van der Waals surface area contributed by atoms with E-state index >= 15 is 0 Å². The molecule has 0 spiro atoms. The molecule has 8 heteroatoms. The number of anilines is 2. The predicted octanol–water partition coefficient (Wildman–Crippen LogP) is 2.75. The Bertz CT molecular complexity index is 953. The van der Waals surface area contributed by atoms with Gasteiger partial charge in [0, 0.05) is 18.8 Å². The number of rotatable bonds is 7. The summed E-state index contributed by atoms with van der Waals surface area (Å²) < 4.78 is 7.92. The van der Waals surface area contributed by atoms with Crippen molar-refractivity contribution < 1.29 is 4.74 Å². The lowest BCUT2D eigenvalue weighted by Gasteiger charge is -2.38. The molecular formula is C20H21N7O. The van der Waals surface area contributed by atoms with Crippen molar-refractivity contribution in [2.75, 3.05) is 25.0 Å². The Hall–Kier alpha value is -3.44. The van der Waals surface area contributed by atoms with E-state index in [0.29, 0.717) is 11.6 Å². The van der Waals surface area contributed by atoms with Crippen LogP contribution < -0.4 is 10.1 Å². The predicted molar refractivity (Wildman–Crippen MR) is 105 cm³/mol. The van der Waals surface area contributed by atoms with E-state index in [1.54, 1.807) is 6.33 Å². The van der Waals surface area contributed by atoms with Crippen LogP contribution in [-0.2, 0) is 0 Å². The minimum absolute atomic E-state index is 0.276. The van der Waals surface area contributed by atoms with E-state index in [-0.39, 0.29) is 11.8 Å². The SMILES string of the molecule is CCCN1CC(Oc2ccc(-n3cnc(Nc4cnc(C#N)cn4)c3)cc2)C1. The van der Waals surface area contributed by atoms with Crippen molar-refractivity contribution in [3.8, 4) is 17.5 Å². The molecule has 8 nitrogen and oxygen atoms in total. The molecule has 0 saturated carbocycles. The molecule has 1 aliphatic heterocycles. The van der Waals surface area contributed by atoms with Crippen LogP contribution in [0.2, 0.25) is 0 Å². The third-order valence-corrected chi connectivity index (χ3v) is 4.51. The summed E-state index contributed by atoms with van der Waals surface area (Å²) in [6.45, 7) is 5.35. The molecule has 3 aromatic rings. The summed E-state index contributed by atoms with van der Waals surface area (Å²) in [5, 5.41) is 11.8. The van der Waals surface area contributed by atoms with Crippen molar-refractivity contribution in [1.29, 1.82) is 5.26 Å². The Morgan fingerprint density at radius 1 is 1.14 bits per heavy atom. The minimum atomic E-state index is 0.276. The molecule has 1 saturated heterocycles. The molecular weight excluding hydrogens is 354 g/mol. The molecule has 1 fully saturated rings. The molecule has 1 aliphatic rings. The van der Waals surface area contributed by atoms with E-state index in [9.17, 15) is 0 Å². The van der Waals surface area contributed by atoms with E-state index in [2.05, 4.69) is 32.1 Å². The Morgan fingerprint density at radius 2 is 1.96 bits per heavy atom. The number of nitriles is 1. The van der Waals surface area contributed by atoms with Crippen molar-refractivity contribution in [2.45, 2.75) is 19.4 Å². The first-order valence-electron chi connectivity index (χ1n) is 9.26. The van der Waals surface area contributed by atoms with Crippen molar-refractivity contribution in [3.63, 3.8) is 0 Å². The number of imidazole rings is 1. The quantitative estimate of drug-likeness (QED) is 0.679. The van der Waals surface area contributed by atoms with E-state index in [0.717, 1.165) is 31.1 Å². The number of hydrogen-bond donors (Lipinski definition) is 1. The number of likely N-dealkylation sites (tertiary alicyclic amines) is 1. The van der Waals surface area contributed by atoms with Gasteiger partial charge in [0.2, 0.25) is 0 Å². The highest BCUT2D eigenvalue weighted by Gasteiger charge is 2.27. The Balaban J connectivity index is 1.35. The second kappa shape index (κ2) is 8.06. The monoisotopic (exact) mass is 375 g/mol. The number of nitrogens with one attached hydrogen (secondary N) is 1. The zero-order valence-corrected chi connectivity index (χ0v) is 15.6. The number of aromatic nitrogens is 4. The van der Waals surface area contributed by atoms with Gasteiger partial charge in [0.25, 0.3) is 0 Å². The Labute approximate surface area is 163 Å². The fraction of sp³-hybridized carbons (Fsp3) is 0.300. The molecule has 0 unspecified atom stereocenters. The molecule has 0 amide bonds. The maximum atomic E-state index is 8.77. The van der Waals surface area contributed by atoms with Gasteiger partial charge in [-0.3, -0.25) is 4.90 Å². The van der Waals surface area contributed by atoms with Gasteiger partial charge in [0.05, 0.1) is 18.6 Å². The van der Waals surface area contributed by atoms with Crippen LogP contribution >= 0.6 is 0 Å². The van der Waals surface area contributed by atoms with Crippen molar-refractivity contribution in [1.82, 2.24) is 24.4 Å². The highest BCUT2D eigenvalue weighted by molar-refractivity contribution is 5.51. The maximum Gasteiger partial charge on any atom is 0.158 e. The largest absolute Gasteiger partial charge is 0.488 e. The van der Waals surface area contributed by atoms with E-state index < -0.39 is 0 Å². The van der Waals surface area contributed by atoms with Crippen LogP contribution in [0.1, 0.15) is 19.0 Å². The van der Waals surface area contributed by atoms with Gasteiger partial charge in [0.1, 0.15) is 35.9 Å². The number of ether oxygens (including phenoxy) is 1. The fourth-order valence-electron chi connectivity index (χ4n) is 3.10. The minimum Gasteiger partial charge on any atom is -0.488 e. The molecule has 4 rings (SSSR count). The first kappa shape index (κ1) is 17.9. The lowest BCUT2D eigenvalue weighted by molar-refractivity contribution is 0.0203. The van der Waals surface area contributed by atoms with Crippen LogP contribution in [0.25, 0.3) is 5.69 Å². The molecule has 0 aliphatic carbocycles. The fourth-order valence-corrected chi connectivity index (χ4v) is 3.10. The third-order valence-electron chi connectivity index (χ3n) is 4.51. The number of hydrogen-bond acceptors (Lipinski definition) is 7. The molecule has 2 aromatic heterocycles. The lowest BCUT2D eigenvalue weighted by Crippen LogP contribution is -2.53. The summed E-state index contributed by atoms with van der Waals surface area (Å²) >= 11 is 0. The van der Waals surface area contributed by atoms with E-state index in [1.165, 1.54) is 18.8 Å². The highest BCUT2D eigenvalue weighted by atomic mass is 16.5. The molecule has 0 radical (unpaired) electrons. The van der Waals surface area contributed by atoms with Crippen LogP contribution in [0.4, 0.5) is 11.6 Å². The van der Waals surface area contributed by atoms with Gasteiger partial charge in [0.15, 0.2) is 5.69 Å². The summed E-state index contributed by atoms with van der Waals surface area (Å²) in [6, 6.07) is 9.92. The zero-order valence-electron chi connectivity index (χ0n) is 15.6. The first-order chi connectivity index (χ1) is 13.7. The van der Waals surface area contributed by atoms with Gasteiger partial charge in [-0.1, -0.05) is 6.92 Å². The Kier molecular flexibility index (Phi) is 5.17. The van der Waals surface area contributed by atoms with E-state index in [4.69, 9.17) is 10.00 Å². The summed E-state index contributed by atoms with van der Waals surface area (Å²) in [7, 11) is 0. The Morgan fingerprint density at radius 3 is 2.64 bits per heavy atom. The van der Waals surface area contributed by atoms with Gasteiger partial charge < -0.3 is 14.6 Å². The first-order valence-corrected chi connectivity index (χ1v) is 9.26. The standard InChI is InChI=1S/C20H21N7O/c1-2-7-26-11-18(12-26)28-17-5-3-16(4-6-17)27-13-20(24-14-27)25-19-10-22-15(8-21)9-23-19/h3-6,9-10,13-14,18H,2,7,11-12H2,1H3,(H,23,25). The molecule has 1 N–H and O–H groups in total. The van der Waals surface area contributed by atoms with Crippen molar-refractivity contribution in [3.05, 3.63) is 54.9 Å². The van der Waals surface area contributed by atoms with Crippen LogP contribution in [0.3, 0.4) is 0 Å². The molecule has 142 valence electrons. The normalized spacial score (nSPS) is 14.3. The van der Waals surface area contributed by atoms with Crippen molar-refractivity contribution >= 4 is 11.6 Å². The molecule has 0 atom stereocenters. The summed E-state index contributed by atoms with van der Waals surface area (Å²) in [6.07, 6.45) is 7.98. The third kappa shape index (κ3) is 4.10. The van der Waals surface area contributed by atoms with Crippen LogP contribution in [0.5, 0.6) is 5.75 Å². The average Bonchev–Trinajstić information content (AvgIpc) is 3.16. The van der Waals surface area contributed by atoms with Crippen molar-refractivity contribution in [2.24, 2.45) is 0 Å². The highest BCUT2D eigenvalue weighted by Crippen LogP contribution is 2.21. The molecule has 3 heterocycles. The number of nitrogens with zero attached hydrogens (tertiary/aromatic N) is 6. The van der Waals surface area contributed by atoms with Gasteiger partial charge in [-0.05, 0) is 37.2 Å². The zero-order chi connectivity index (χ0) is 19.3. The average molecular weight is 375 g/mol. The molecule has 28 heavy (non-hydrogen) atoms. The van der Waals surface area contributed by atoms with Gasteiger partial charge in [-0.15, -0.1) is 0 Å². The van der Waals surface area contributed by atoms with E-state index in [1.807, 2.05) is 41.1 Å². The summed E-state index contributed by atoms with van der Waals surface area (Å²) in [4.78, 5) is 14.8. The van der Waals surface area contributed by atoms with Crippen LogP contribution in [0.15, 0.2) is 49.2 Å². The summed E-state index contributed by atoms with van der Waals surface area (Å²) in [5.41, 5.74) is 1.26. The summed E-state index contributed by atoms with van der Waals surface area (Å²) in [5.74, 6) is 2.06. The van der Waals surface area contributed by atoms with Gasteiger partial charge in [-0.2, -0.15) is 5.26 Å². The maximum absolute atomic E-state index is 8.77. The topological polar surface area (TPSA) is 91.9 Å².